The Morgan fingerprint density at radius 1 is 1.27 bits per heavy atom. The number of esters is 1. The Bertz CT molecular complexity index is 861. The normalized spacial score (nSPS) is 20.5. The number of thioether (sulfide) groups is 1. The molecule has 3 rings (SSSR count). The third-order valence-electron chi connectivity index (χ3n) is 4.28. The van der Waals surface area contributed by atoms with Crippen LogP contribution in [0, 0.1) is 5.41 Å². The van der Waals surface area contributed by atoms with Crippen LogP contribution in [-0.2, 0) is 10.5 Å². The van der Waals surface area contributed by atoms with Crippen LogP contribution in [0.3, 0.4) is 0 Å². The van der Waals surface area contributed by atoms with Crippen molar-refractivity contribution in [3.8, 4) is 5.75 Å². The third kappa shape index (κ3) is 3.87. The molecule has 8 heteroatoms. The van der Waals surface area contributed by atoms with Crippen LogP contribution in [0.15, 0.2) is 41.8 Å². The lowest BCUT2D eigenvalue weighted by Crippen LogP contribution is -2.24. The summed E-state index contributed by atoms with van der Waals surface area (Å²) in [5.74, 6) is 0.262. The fraction of sp³-hybridized carbons (Fsp3) is 0.333. The lowest BCUT2D eigenvalue weighted by molar-refractivity contribution is -0.139. The Labute approximate surface area is 165 Å². The van der Waals surface area contributed by atoms with E-state index in [4.69, 9.17) is 27.9 Å². The highest BCUT2D eigenvalue weighted by Gasteiger charge is 2.69. The van der Waals surface area contributed by atoms with E-state index in [1.165, 1.54) is 18.7 Å². The number of Topliss-reactive ketones (excluding diaryl/α,β-unsaturated/α-hetero) is 1. The molecule has 136 valence electrons. The molecule has 0 unspecified atom stereocenters. The molecule has 5 nitrogen and oxygen atoms in total. The van der Waals surface area contributed by atoms with Crippen molar-refractivity contribution < 1.29 is 14.3 Å². The number of aromatic nitrogens is 2. The Morgan fingerprint density at radius 2 is 1.92 bits per heavy atom. The van der Waals surface area contributed by atoms with E-state index >= 15 is 0 Å². The second-order valence-electron chi connectivity index (χ2n) is 6.30. The average Bonchev–Trinajstić information content (AvgIpc) is 3.14. The van der Waals surface area contributed by atoms with E-state index in [9.17, 15) is 9.59 Å². The first-order valence-corrected chi connectivity index (χ1v) is 9.61. The predicted octanol–water partition coefficient (Wildman–Crippen LogP) is 4.46. The first-order chi connectivity index (χ1) is 12.2. The highest BCUT2D eigenvalue weighted by Crippen LogP contribution is 2.64. The van der Waals surface area contributed by atoms with Crippen molar-refractivity contribution in [2.24, 2.45) is 5.41 Å². The average molecular weight is 411 g/mol. The number of ketones is 1. The SMILES string of the molecule is CC(=O)c1ccc(OC(=O)[C@@]2(C)CC2(Cl)Cl)c(CSc2ncccn2)c1. The number of carbonyl (C=O) groups is 2. The van der Waals surface area contributed by atoms with Gasteiger partial charge in [0.1, 0.15) is 15.5 Å². The fourth-order valence-corrected chi connectivity index (χ4v) is 3.82. The molecule has 1 aromatic heterocycles. The van der Waals surface area contributed by atoms with Crippen molar-refractivity contribution >= 4 is 46.7 Å². The number of rotatable bonds is 6. The highest BCUT2D eigenvalue weighted by atomic mass is 35.5. The third-order valence-corrected chi connectivity index (χ3v) is 6.30. The summed E-state index contributed by atoms with van der Waals surface area (Å²) in [5.41, 5.74) is 0.307. The van der Waals surface area contributed by atoms with Crippen LogP contribution in [0.2, 0.25) is 0 Å². The molecule has 0 bridgehead atoms. The molecule has 1 heterocycles. The van der Waals surface area contributed by atoms with E-state index < -0.39 is 15.7 Å². The van der Waals surface area contributed by atoms with Crippen LogP contribution in [0.25, 0.3) is 0 Å². The van der Waals surface area contributed by atoms with Gasteiger partial charge in [-0.3, -0.25) is 9.59 Å². The van der Waals surface area contributed by atoms with Crippen LogP contribution in [0.4, 0.5) is 0 Å². The van der Waals surface area contributed by atoms with Gasteiger partial charge in [-0.1, -0.05) is 11.8 Å². The van der Waals surface area contributed by atoms with E-state index in [1.807, 2.05) is 0 Å². The molecule has 0 amide bonds. The minimum absolute atomic E-state index is 0.0697. The molecule has 1 aliphatic rings. The standard InChI is InChI=1S/C18H16Cl2N2O3S/c1-11(23)12-4-5-14(25-15(24)17(2)10-18(17,19)20)13(8-12)9-26-16-21-6-3-7-22-16/h3-8H,9-10H2,1-2H3/t17-/m1/s1. The Morgan fingerprint density at radius 3 is 2.50 bits per heavy atom. The number of alkyl halides is 2. The Kier molecular flexibility index (Phi) is 5.28. The molecule has 1 aromatic carbocycles. The van der Waals surface area contributed by atoms with Gasteiger partial charge in [0.05, 0.1) is 0 Å². The molecule has 26 heavy (non-hydrogen) atoms. The summed E-state index contributed by atoms with van der Waals surface area (Å²) < 4.78 is 4.46. The van der Waals surface area contributed by atoms with E-state index in [2.05, 4.69) is 9.97 Å². The van der Waals surface area contributed by atoms with Gasteiger partial charge in [-0.15, -0.1) is 23.2 Å². The summed E-state index contributed by atoms with van der Waals surface area (Å²) in [6.45, 7) is 3.16. The topological polar surface area (TPSA) is 69.2 Å². The van der Waals surface area contributed by atoms with Gasteiger partial charge >= 0.3 is 5.97 Å². The minimum Gasteiger partial charge on any atom is -0.426 e. The highest BCUT2D eigenvalue weighted by molar-refractivity contribution is 7.98. The molecular weight excluding hydrogens is 395 g/mol. The summed E-state index contributed by atoms with van der Waals surface area (Å²) >= 11 is 13.5. The molecule has 0 aliphatic heterocycles. The number of benzene rings is 1. The summed E-state index contributed by atoms with van der Waals surface area (Å²) in [7, 11) is 0. The van der Waals surface area contributed by atoms with Gasteiger partial charge in [0.15, 0.2) is 10.9 Å². The lowest BCUT2D eigenvalue weighted by atomic mass is 10.1. The lowest BCUT2D eigenvalue weighted by Gasteiger charge is -2.15. The molecule has 0 radical (unpaired) electrons. The van der Waals surface area contributed by atoms with Crippen LogP contribution in [-0.4, -0.2) is 26.1 Å². The van der Waals surface area contributed by atoms with Gasteiger partial charge in [-0.2, -0.15) is 0 Å². The predicted molar refractivity (Wildman–Crippen MR) is 101 cm³/mol. The first kappa shape index (κ1) is 19.1. The molecular formula is C18H16Cl2N2O3S. The number of hydrogen-bond acceptors (Lipinski definition) is 6. The van der Waals surface area contributed by atoms with Crippen molar-refractivity contribution in [2.45, 2.75) is 35.5 Å². The Balaban J connectivity index is 1.82. The van der Waals surface area contributed by atoms with Crippen molar-refractivity contribution in [2.75, 3.05) is 0 Å². The minimum atomic E-state index is -1.10. The zero-order valence-electron chi connectivity index (χ0n) is 14.2. The molecule has 0 saturated heterocycles. The molecule has 0 N–H and O–H groups in total. The van der Waals surface area contributed by atoms with E-state index in [1.54, 1.807) is 43.6 Å². The van der Waals surface area contributed by atoms with Gasteiger partial charge in [0, 0.05) is 35.7 Å². The van der Waals surface area contributed by atoms with Gasteiger partial charge in [-0.25, -0.2) is 9.97 Å². The molecule has 2 aromatic rings. The maximum absolute atomic E-state index is 12.5. The second-order valence-corrected chi connectivity index (χ2v) is 8.73. The van der Waals surface area contributed by atoms with Gasteiger partial charge in [0.2, 0.25) is 0 Å². The van der Waals surface area contributed by atoms with Crippen molar-refractivity contribution in [3.05, 3.63) is 47.8 Å². The van der Waals surface area contributed by atoms with E-state index in [0.29, 0.717) is 34.2 Å². The van der Waals surface area contributed by atoms with Gasteiger partial charge in [0.25, 0.3) is 0 Å². The largest absolute Gasteiger partial charge is 0.426 e. The van der Waals surface area contributed by atoms with Crippen LogP contribution in [0.5, 0.6) is 5.75 Å². The van der Waals surface area contributed by atoms with Crippen LogP contribution >= 0.6 is 35.0 Å². The zero-order valence-corrected chi connectivity index (χ0v) is 16.5. The first-order valence-electron chi connectivity index (χ1n) is 7.87. The second kappa shape index (κ2) is 7.18. The molecule has 0 spiro atoms. The number of nitrogens with zero attached hydrogens (tertiary/aromatic N) is 2. The summed E-state index contributed by atoms with van der Waals surface area (Å²) in [6, 6.07) is 6.69. The number of ether oxygens (including phenoxy) is 1. The Hall–Kier alpha value is -1.63. The summed E-state index contributed by atoms with van der Waals surface area (Å²) in [5, 5.41) is 0.590. The fourth-order valence-electron chi connectivity index (χ4n) is 2.35. The quantitative estimate of drug-likeness (QED) is 0.175. The van der Waals surface area contributed by atoms with E-state index in [0.717, 1.165) is 0 Å². The maximum Gasteiger partial charge on any atom is 0.320 e. The summed E-state index contributed by atoms with van der Waals surface area (Å²) in [4.78, 5) is 32.5. The van der Waals surface area contributed by atoms with Crippen molar-refractivity contribution in [1.82, 2.24) is 9.97 Å². The maximum atomic E-state index is 12.5. The van der Waals surface area contributed by atoms with Gasteiger partial charge in [-0.05, 0) is 38.1 Å². The number of halogens is 2. The van der Waals surface area contributed by atoms with Crippen LogP contribution < -0.4 is 4.74 Å². The van der Waals surface area contributed by atoms with Crippen molar-refractivity contribution in [1.29, 1.82) is 0 Å². The molecule has 1 saturated carbocycles. The van der Waals surface area contributed by atoms with Gasteiger partial charge < -0.3 is 4.74 Å². The molecule has 1 atom stereocenters. The molecule has 1 aliphatic carbocycles. The number of hydrogen-bond donors (Lipinski definition) is 0. The zero-order chi connectivity index (χ0) is 18.9. The number of carbonyl (C=O) groups excluding carboxylic acids is 2. The smallest absolute Gasteiger partial charge is 0.320 e. The summed E-state index contributed by atoms with van der Waals surface area (Å²) in [6.07, 6.45) is 3.64. The van der Waals surface area contributed by atoms with Crippen LogP contribution in [0.1, 0.15) is 36.2 Å². The molecule has 1 fully saturated rings. The van der Waals surface area contributed by atoms with Crippen molar-refractivity contribution in [3.63, 3.8) is 0 Å². The van der Waals surface area contributed by atoms with E-state index in [-0.39, 0.29) is 5.78 Å². The monoisotopic (exact) mass is 410 g/mol.